The lowest BCUT2D eigenvalue weighted by Crippen LogP contribution is -2.51. The van der Waals surface area contributed by atoms with Crippen LogP contribution in [0, 0.1) is 5.92 Å². The summed E-state index contributed by atoms with van der Waals surface area (Å²) in [6, 6.07) is -1.48. The number of carbonyl (C=O) groups is 5. The standard InChI is InChI=1S/C22H30N4O6/c1-4-24-9-5-6-18(24)22(31)32-11-10-25(14(3)27)19(28)13(2)26-20(29)16-8-7-15(23)12-17(16)21(26)30/h7-8,13,17-18H,4-6,9-12,23H2,1-3H3/t13?,17?,18-/m0/s1. The zero-order valence-electron chi connectivity index (χ0n) is 18.7. The highest BCUT2D eigenvalue weighted by Gasteiger charge is 2.48. The summed E-state index contributed by atoms with van der Waals surface area (Å²) in [5.74, 6) is -3.40. The Morgan fingerprint density at radius 2 is 2.00 bits per heavy atom. The summed E-state index contributed by atoms with van der Waals surface area (Å²) in [4.78, 5) is 66.9. The lowest BCUT2D eigenvalue weighted by atomic mass is 9.92. The van der Waals surface area contributed by atoms with Crippen molar-refractivity contribution in [3.8, 4) is 0 Å². The lowest BCUT2D eigenvalue weighted by molar-refractivity contribution is -0.157. The van der Waals surface area contributed by atoms with Crippen LogP contribution in [0.1, 0.15) is 40.0 Å². The van der Waals surface area contributed by atoms with Gasteiger partial charge in [0.05, 0.1) is 12.5 Å². The molecule has 2 heterocycles. The summed E-state index contributed by atoms with van der Waals surface area (Å²) in [7, 11) is 0. The normalized spacial score (nSPS) is 24.0. The first-order valence-corrected chi connectivity index (χ1v) is 10.9. The van der Waals surface area contributed by atoms with Crippen molar-refractivity contribution in [3.63, 3.8) is 0 Å². The first-order valence-electron chi connectivity index (χ1n) is 10.9. The first kappa shape index (κ1) is 23.6. The molecule has 3 rings (SSSR count). The quantitative estimate of drug-likeness (QED) is 0.425. The van der Waals surface area contributed by atoms with Gasteiger partial charge < -0.3 is 10.5 Å². The van der Waals surface area contributed by atoms with Gasteiger partial charge in [-0.15, -0.1) is 0 Å². The largest absolute Gasteiger partial charge is 0.463 e. The zero-order chi connectivity index (χ0) is 23.6. The van der Waals surface area contributed by atoms with E-state index in [9.17, 15) is 24.0 Å². The number of amides is 4. The molecular formula is C22H30N4O6. The molecule has 10 nitrogen and oxygen atoms in total. The molecule has 0 aromatic heterocycles. The Labute approximate surface area is 187 Å². The van der Waals surface area contributed by atoms with E-state index in [-0.39, 0.29) is 31.6 Å². The van der Waals surface area contributed by atoms with Gasteiger partial charge in [0.1, 0.15) is 18.7 Å². The molecule has 174 valence electrons. The predicted molar refractivity (Wildman–Crippen MR) is 113 cm³/mol. The zero-order valence-corrected chi connectivity index (χ0v) is 18.7. The number of likely N-dealkylation sites (N-methyl/N-ethyl adjacent to an activating group) is 1. The third-order valence-electron chi connectivity index (χ3n) is 6.29. The Balaban J connectivity index is 1.62. The molecule has 0 saturated carbocycles. The number of nitrogens with two attached hydrogens (primary N) is 1. The van der Waals surface area contributed by atoms with Gasteiger partial charge in [-0.1, -0.05) is 13.0 Å². The third-order valence-corrected chi connectivity index (χ3v) is 6.29. The van der Waals surface area contributed by atoms with Crippen molar-refractivity contribution in [1.82, 2.24) is 14.7 Å². The van der Waals surface area contributed by atoms with E-state index in [1.165, 1.54) is 19.9 Å². The van der Waals surface area contributed by atoms with E-state index in [0.29, 0.717) is 17.7 Å². The van der Waals surface area contributed by atoms with E-state index in [1.807, 2.05) is 11.8 Å². The molecule has 2 aliphatic heterocycles. The fourth-order valence-corrected chi connectivity index (χ4v) is 4.51. The smallest absolute Gasteiger partial charge is 0.323 e. The maximum Gasteiger partial charge on any atom is 0.323 e. The van der Waals surface area contributed by atoms with Crippen LogP contribution in [0.4, 0.5) is 0 Å². The van der Waals surface area contributed by atoms with E-state index in [2.05, 4.69) is 0 Å². The second-order valence-corrected chi connectivity index (χ2v) is 8.27. The summed E-state index contributed by atoms with van der Waals surface area (Å²) in [5, 5.41) is 0. The highest BCUT2D eigenvalue weighted by molar-refractivity contribution is 6.17. The van der Waals surface area contributed by atoms with E-state index >= 15 is 0 Å². The molecule has 4 amide bonds. The van der Waals surface area contributed by atoms with Crippen LogP contribution < -0.4 is 5.73 Å². The van der Waals surface area contributed by atoms with Gasteiger partial charge in [-0.3, -0.25) is 38.7 Å². The van der Waals surface area contributed by atoms with Gasteiger partial charge >= 0.3 is 5.97 Å². The molecule has 0 spiro atoms. The monoisotopic (exact) mass is 446 g/mol. The van der Waals surface area contributed by atoms with Gasteiger partial charge in [-0.2, -0.15) is 0 Å². The molecule has 2 unspecified atom stereocenters. The fraction of sp³-hybridized carbons (Fsp3) is 0.591. The van der Waals surface area contributed by atoms with Crippen LogP contribution in [-0.4, -0.2) is 82.6 Å². The van der Waals surface area contributed by atoms with Crippen LogP contribution in [0.25, 0.3) is 0 Å². The Bertz CT molecular complexity index is 895. The summed E-state index contributed by atoms with van der Waals surface area (Å²) in [6.07, 6.45) is 4.93. The number of allylic oxidation sites excluding steroid dienone is 3. The number of rotatable bonds is 7. The van der Waals surface area contributed by atoms with Crippen LogP contribution in [0.3, 0.4) is 0 Å². The van der Waals surface area contributed by atoms with Gasteiger partial charge in [-0.05, 0) is 38.9 Å². The topological polar surface area (TPSA) is 130 Å². The third kappa shape index (κ3) is 4.45. The van der Waals surface area contributed by atoms with Crippen molar-refractivity contribution < 1.29 is 28.7 Å². The molecular weight excluding hydrogens is 416 g/mol. The van der Waals surface area contributed by atoms with Crippen LogP contribution >= 0.6 is 0 Å². The van der Waals surface area contributed by atoms with Crippen molar-refractivity contribution in [1.29, 1.82) is 0 Å². The number of esters is 1. The van der Waals surface area contributed by atoms with Crippen LogP contribution in [0.5, 0.6) is 0 Å². The molecule has 1 aliphatic carbocycles. The molecule has 0 aromatic rings. The van der Waals surface area contributed by atoms with E-state index in [1.54, 1.807) is 6.08 Å². The summed E-state index contributed by atoms with van der Waals surface area (Å²) < 4.78 is 5.32. The maximum absolute atomic E-state index is 13.0. The molecule has 0 bridgehead atoms. The summed E-state index contributed by atoms with van der Waals surface area (Å²) >= 11 is 0. The fourth-order valence-electron chi connectivity index (χ4n) is 4.51. The van der Waals surface area contributed by atoms with Crippen LogP contribution in [0.2, 0.25) is 0 Å². The molecule has 2 saturated heterocycles. The predicted octanol–water partition coefficient (Wildman–Crippen LogP) is -0.0648. The molecule has 3 aliphatic rings. The average molecular weight is 447 g/mol. The molecule has 0 aromatic carbocycles. The number of imide groups is 2. The van der Waals surface area contributed by atoms with Crippen LogP contribution in [0.15, 0.2) is 23.4 Å². The minimum Gasteiger partial charge on any atom is -0.463 e. The van der Waals surface area contributed by atoms with Gasteiger partial charge in [0.15, 0.2) is 0 Å². The lowest BCUT2D eigenvalue weighted by Gasteiger charge is -2.28. The Hall–Kier alpha value is -3.01. The number of nitrogens with zero attached hydrogens (tertiary/aromatic N) is 3. The Morgan fingerprint density at radius 1 is 1.28 bits per heavy atom. The Morgan fingerprint density at radius 3 is 2.66 bits per heavy atom. The highest BCUT2D eigenvalue weighted by atomic mass is 16.5. The van der Waals surface area contributed by atoms with E-state index < -0.39 is 35.6 Å². The summed E-state index contributed by atoms with van der Waals surface area (Å²) in [6.45, 7) is 5.87. The summed E-state index contributed by atoms with van der Waals surface area (Å²) in [5.41, 5.74) is 6.56. The van der Waals surface area contributed by atoms with Crippen molar-refractivity contribution >= 4 is 29.6 Å². The molecule has 10 heteroatoms. The molecule has 0 radical (unpaired) electrons. The first-order chi connectivity index (χ1) is 15.2. The second-order valence-electron chi connectivity index (χ2n) is 8.27. The van der Waals surface area contributed by atoms with Crippen LogP contribution in [-0.2, 0) is 28.7 Å². The highest BCUT2D eigenvalue weighted by Crippen LogP contribution is 2.34. The SMILES string of the molecule is CCN1CCC[C@H]1C(=O)OCCN(C(C)=O)C(=O)C(C)N1C(=O)C2=CC=C(N)CC2C1=O. The minimum absolute atomic E-state index is 0.152. The Kier molecular flexibility index (Phi) is 7.12. The van der Waals surface area contributed by atoms with Crippen molar-refractivity contribution in [2.45, 2.75) is 52.1 Å². The van der Waals surface area contributed by atoms with E-state index in [4.69, 9.17) is 10.5 Å². The van der Waals surface area contributed by atoms with Crippen molar-refractivity contribution in [3.05, 3.63) is 23.4 Å². The molecule has 32 heavy (non-hydrogen) atoms. The average Bonchev–Trinajstić information content (AvgIpc) is 3.33. The van der Waals surface area contributed by atoms with Gasteiger partial charge in [-0.25, -0.2) is 0 Å². The molecule has 2 fully saturated rings. The molecule has 3 atom stereocenters. The van der Waals surface area contributed by atoms with Crippen molar-refractivity contribution in [2.75, 3.05) is 26.2 Å². The van der Waals surface area contributed by atoms with E-state index in [0.717, 1.165) is 29.3 Å². The maximum atomic E-state index is 13.0. The van der Waals surface area contributed by atoms with Gasteiger partial charge in [0.2, 0.25) is 11.8 Å². The van der Waals surface area contributed by atoms with Gasteiger partial charge in [0.25, 0.3) is 11.8 Å². The minimum atomic E-state index is -1.17. The number of fused-ring (bicyclic) bond motifs is 1. The second kappa shape index (κ2) is 9.64. The number of ether oxygens (including phenoxy) is 1. The van der Waals surface area contributed by atoms with Gasteiger partial charge in [0, 0.05) is 24.6 Å². The van der Waals surface area contributed by atoms with Crippen molar-refractivity contribution in [2.24, 2.45) is 11.7 Å². The number of hydrogen-bond acceptors (Lipinski definition) is 8. The number of hydrogen-bond donors (Lipinski definition) is 1. The number of likely N-dealkylation sites (tertiary alicyclic amines) is 2. The molecule has 2 N–H and O–H groups in total. The number of carbonyl (C=O) groups excluding carboxylic acids is 5.